The first-order valence-electron chi connectivity index (χ1n) is 7.54. The van der Waals surface area contributed by atoms with E-state index in [0.29, 0.717) is 27.9 Å². The Morgan fingerprint density at radius 1 is 1.55 bits per heavy atom. The van der Waals surface area contributed by atoms with Crippen LogP contribution in [0.4, 0.5) is 11.8 Å². The van der Waals surface area contributed by atoms with Crippen molar-refractivity contribution in [2.45, 2.75) is 26.5 Å². The molecule has 0 aromatic carbocycles. The third-order valence-electron chi connectivity index (χ3n) is 5.30. The number of anilines is 2. The zero-order valence-electron chi connectivity index (χ0n) is 12.5. The monoisotopic (exact) mass is 298 g/mol. The van der Waals surface area contributed by atoms with Crippen LogP contribution in [0.25, 0.3) is 11.0 Å². The summed E-state index contributed by atoms with van der Waals surface area (Å²) in [6, 6.07) is 2.17. The van der Waals surface area contributed by atoms with E-state index < -0.39 is 0 Å². The molecule has 2 fully saturated rings. The average molecular weight is 298 g/mol. The van der Waals surface area contributed by atoms with E-state index in [1.54, 1.807) is 6.20 Å². The van der Waals surface area contributed by atoms with Gasteiger partial charge in [-0.15, -0.1) is 0 Å². The molecular formula is C15H18N6O. The van der Waals surface area contributed by atoms with Gasteiger partial charge in [-0.2, -0.15) is 15.2 Å². The van der Waals surface area contributed by atoms with Gasteiger partial charge in [-0.05, 0) is 24.2 Å². The van der Waals surface area contributed by atoms with Gasteiger partial charge in [-0.1, -0.05) is 6.92 Å². The summed E-state index contributed by atoms with van der Waals surface area (Å²) in [5.41, 5.74) is 7.26. The number of aliphatic hydroxyl groups is 1. The normalized spacial score (nSPS) is 26.2. The Labute approximate surface area is 128 Å². The topological polar surface area (TPSA) is 104 Å². The second-order valence-corrected chi connectivity index (χ2v) is 6.37. The van der Waals surface area contributed by atoms with Crippen LogP contribution in [-0.2, 0) is 6.73 Å². The lowest BCUT2D eigenvalue weighted by Gasteiger charge is -2.22. The van der Waals surface area contributed by atoms with Gasteiger partial charge in [-0.25, -0.2) is 0 Å². The second-order valence-electron chi connectivity index (χ2n) is 6.37. The summed E-state index contributed by atoms with van der Waals surface area (Å²) in [7, 11) is 0. The van der Waals surface area contributed by atoms with Gasteiger partial charge in [0.15, 0.2) is 5.65 Å². The quantitative estimate of drug-likeness (QED) is 0.878. The fraction of sp³-hybridized carbons (Fsp3) is 0.533. The van der Waals surface area contributed by atoms with Crippen LogP contribution in [0.3, 0.4) is 0 Å². The molecule has 7 heteroatoms. The summed E-state index contributed by atoms with van der Waals surface area (Å²) in [5.74, 6) is 1.62. The van der Waals surface area contributed by atoms with Crippen LogP contribution in [0, 0.1) is 22.7 Å². The maximum Gasteiger partial charge on any atom is 0.224 e. The van der Waals surface area contributed by atoms with Crippen molar-refractivity contribution in [2.75, 3.05) is 23.7 Å². The van der Waals surface area contributed by atoms with Crippen LogP contribution < -0.4 is 10.6 Å². The molecule has 7 nitrogen and oxygen atoms in total. The van der Waals surface area contributed by atoms with Crippen molar-refractivity contribution >= 4 is 22.8 Å². The molecule has 1 aliphatic heterocycles. The Morgan fingerprint density at radius 3 is 3.00 bits per heavy atom. The van der Waals surface area contributed by atoms with Gasteiger partial charge in [0.25, 0.3) is 0 Å². The first kappa shape index (κ1) is 13.3. The number of aliphatic hydroxyl groups excluding tert-OH is 1. The number of nitrogen functional groups attached to an aromatic ring is 1. The molecule has 0 spiro atoms. The Bertz CT molecular complexity index is 802. The van der Waals surface area contributed by atoms with Gasteiger partial charge in [0, 0.05) is 19.3 Å². The molecule has 1 saturated heterocycles. The molecule has 2 atom stereocenters. The zero-order valence-corrected chi connectivity index (χ0v) is 12.5. The van der Waals surface area contributed by atoms with Crippen molar-refractivity contribution in [1.82, 2.24) is 14.5 Å². The van der Waals surface area contributed by atoms with Crippen LogP contribution in [0.5, 0.6) is 0 Å². The largest absolute Gasteiger partial charge is 0.376 e. The molecule has 22 heavy (non-hydrogen) atoms. The number of piperidine rings is 1. The van der Waals surface area contributed by atoms with Crippen molar-refractivity contribution < 1.29 is 5.11 Å². The minimum Gasteiger partial charge on any atom is -0.376 e. The van der Waals surface area contributed by atoms with E-state index in [9.17, 15) is 10.4 Å². The third-order valence-corrected chi connectivity index (χ3v) is 5.30. The van der Waals surface area contributed by atoms with Gasteiger partial charge in [0.1, 0.15) is 18.6 Å². The van der Waals surface area contributed by atoms with Gasteiger partial charge < -0.3 is 20.3 Å². The van der Waals surface area contributed by atoms with E-state index >= 15 is 0 Å². The van der Waals surface area contributed by atoms with Crippen molar-refractivity contribution in [3.8, 4) is 6.07 Å². The highest BCUT2D eigenvalue weighted by atomic mass is 16.3. The number of hydrogen-bond donors (Lipinski definition) is 2. The van der Waals surface area contributed by atoms with E-state index in [4.69, 9.17) is 5.73 Å². The summed E-state index contributed by atoms with van der Waals surface area (Å²) < 4.78 is 1.53. The number of nitrogens with zero attached hydrogens (tertiary/aromatic N) is 5. The predicted octanol–water partition coefficient (Wildman–Crippen LogP) is 1.07. The minimum atomic E-state index is -0.240. The summed E-state index contributed by atoms with van der Waals surface area (Å²) in [6.45, 7) is 3.90. The Balaban J connectivity index is 1.87. The molecule has 2 unspecified atom stereocenters. The van der Waals surface area contributed by atoms with Crippen molar-refractivity contribution in [3.05, 3.63) is 11.8 Å². The number of aromatic nitrogens is 3. The fourth-order valence-corrected chi connectivity index (χ4v) is 3.91. The van der Waals surface area contributed by atoms with E-state index in [2.05, 4.69) is 27.9 Å². The highest BCUT2D eigenvalue weighted by molar-refractivity contribution is 5.94. The molecule has 2 aromatic rings. The lowest BCUT2D eigenvalue weighted by Crippen LogP contribution is -2.26. The maximum absolute atomic E-state index is 9.46. The van der Waals surface area contributed by atoms with Gasteiger partial charge in [0.05, 0.1) is 10.9 Å². The number of nitriles is 1. The highest BCUT2D eigenvalue weighted by Crippen LogP contribution is 2.60. The SMILES string of the molecule is CCC12CC1CN(c1nc(N)nc3c1c(C#N)cn3CO)C2. The van der Waals surface area contributed by atoms with Crippen molar-refractivity contribution in [1.29, 1.82) is 5.26 Å². The molecular weight excluding hydrogens is 280 g/mol. The summed E-state index contributed by atoms with van der Waals surface area (Å²) in [5, 5.41) is 19.5. The summed E-state index contributed by atoms with van der Waals surface area (Å²) in [4.78, 5) is 10.8. The maximum atomic E-state index is 9.46. The first-order chi connectivity index (χ1) is 10.6. The third kappa shape index (κ3) is 1.64. The molecule has 2 aromatic heterocycles. The molecule has 3 heterocycles. The molecule has 0 bridgehead atoms. The molecule has 1 aliphatic carbocycles. The molecule has 4 rings (SSSR count). The number of fused-ring (bicyclic) bond motifs is 2. The van der Waals surface area contributed by atoms with E-state index in [-0.39, 0.29) is 12.7 Å². The summed E-state index contributed by atoms with van der Waals surface area (Å²) >= 11 is 0. The van der Waals surface area contributed by atoms with Crippen LogP contribution in [0.15, 0.2) is 6.20 Å². The Morgan fingerprint density at radius 2 is 2.36 bits per heavy atom. The molecule has 2 aliphatic rings. The fourth-order valence-electron chi connectivity index (χ4n) is 3.91. The van der Waals surface area contributed by atoms with E-state index in [1.807, 2.05) is 0 Å². The lowest BCUT2D eigenvalue weighted by atomic mass is 10.0. The van der Waals surface area contributed by atoms with Crippen LogP contribution in [-0.4, -0.2) is 32.7 Å². The Hall–Kier alpha value is -2.33. The number of hydrogen-bond acceptors (Lipinski definition) is 6. The molecule has 114 valence electrons. The number of nitrogens with two attached hydrogens (primary N) is 1. The van der Waals surface area contributed by atoms with Crippen LogP contribution in [0.1, 0.15) is 25.3 Å². The van der Waals surface area contributed by atoms with Gasteiger partial charge in [-0.3, -0.25) is 0 Å². The first-order valence-corrected chi connectivity index (χ1v) is 7.54. The van der Waals surface area contributed by atoms with Gasteiger partial charge >= 0.3 is 0 Å². The van der Waals surface area contributed by atoms with E-state index in [1.165, 1.54) is 17.4 Å². The average Bonchev–Trinajstić information content (AvgIpc) is 2.92. The van der Waals surface area contributed by atoms with Crippen LogP contribution in [0.2, 0.25) is 0 Å². The van der Waals surface area contributed by atoms with Gasteiger partial charge in [0.2, 0.25) is 5.95 Å². The smallest absolute Gasteiger partial charge is 0.224 e. The highest BCUT2D eigenvalue weighted by Gasteiger charge is 2.58. The zero-order chi connectivity index (χ0) is 15.5. The lowest BCUT2D eigenvalue weighted by molar-refractivity contribution is 0.215. The molecule has 1 saturated carbocycles. The van der Waals surface area contributed by atoms with Crippen molar-refractivity contribution in [2.24, 2.45) is 11.3 Å². The predicted molar refractivity (Wildman–Crippen MR) is 81.9 cm³/mol. The van der Waals surface area contributed by atoms with Crippen LogP contribution >= 0.6 is 0 Å². The number of rotatable bonds is 3. The Kier molecular flexibility index (Phi) is 2.63. The minimum absolute atomic E-state index is 0.172. The van der Waals surface area contributed by atoms with E-state index in [0.717, 1.165) is 18.9 Å². The molecule has 3 N–H and O–H groups in total. The van der Waals surface area contributed by atoms with Crippen molar-refractivity contribution in [3.63, 3.8) is 0 Å². The second kappa shape index (κ2) is 4.34. The molecule has 0 radical (unpaired) electrons. The summed E-state index contributed by atoms with van der Waals surface area (Å²) in [6.07, 6.45) is 4.06. The molecule has 0 amide bonds. The standard InChI is InChI=1S/C15H18N6O/c1-2-15-3-10(15)6-20(7-15)12-11-9(4-16)5-21(8-22)13(11)19-14(17)18-12/h5,10,22H,2-3,6-8H2,1H3,(H2,17,18,19).